The van der Waals surface area contributed by atoms with Crippen LogP contribution in [0.15, 0.2) is 30.3 Å². The van der Waals surface area contributed by atoms with Crippen molar-refractivity contribution in [1.29, 1.82) is 0 Å². The lowest BCUT2D eigenvalue weighted by Crippen LogP contribution is -2.37. The van der Waals surface area contributed by atoms with E-state index in [2.05, 4.69) is 43.1 Å². The average Bonchev–Trinajstić information content (AvgIpc) is 2.50. The molecule has 2 rings (SSSR count). The van der Waals surface area contributed by atoms with Gasteiger partial charge in [0.25, 0.3) is 0 Å². The van der Waals surface area contributed by atoms with Gasteiger partial charge in [0.15, 0.2) is 0 Å². The second-order valence-corrected chi connectivity index (χ2v) is 3.82. The van der Waals surface area contributed by atoms with Crippen LogP contribution in [0.1, 0.15) is 12.5 Å². The predicted octanol–water partition coefficient (Wildman–Crippen LogP) is 1.82. The van der Waals surface area contributed by atoms with Gasteiger partial charge in [-0.15, -0.1) is 0 Å². The van der Waals surface area contributed by atoms with Crippen molar-refractivity contribution in [2.75, 3.05) is 20.4 Å². The van der Waals surface area contributed by atoms with Gasteiger partial charge >= 0.3 is 0 Å². The highest BCUT2D eigenvalue weighted by molar-refractivity contribution is 5.24. The minimum absolute atomic E-state index is 0.0568. The fraction of sp³-hybridized carbons (Fsp3) is 0.455. The van der Waals surface area contributed by atoms with Gasteiger partial charge in [-0.3, -0.25) is 4.90 Å². The van der Waals surface area contributed by atoms with Gasteiger partial charge in [-0.25, -0.2) is 0 Å². The SMILES string of the molecule is CN1COCC1(C)c1ccccc1. The molecule has 0 aliphatic carbocycles. The van der Waals surface area contributed by atoms with Crippen LogP contribution >= 0.6 is 0 Å². The number of nitrogens with zero attached hydrogens (tertiary/aromatic N) is 1. The number of hydrogen-bond donors (Lipinski definition) is 0. The second-order valence-electron chi connectivity index (χ2n) is 3.82. The Kier molecular flexibility index (Phi) is 2.10. The monoisotopic (exact) mass is 177 g/mol. The molecule has 1 aliphatic heterocycles. The molecule has 1 aliphatic rings. The molecule has 0 radical (unpaired) electrons. The van der Waals surface area contributed by atoms with E-state index in [1.807, 2.05) is 6.07 Å². The van der Waals surface area contributed by atoms with Gasteiger partial charge in [0.05, 0.1) is 18.9 Å². The standard InChI is InChI=1S/C11H15NO/c1-11(8-13-9-12(11)2)10-6-4-3-5-7-10/h3-7H,8-9H2,1-2H3. The quantitative estimate of drug-likeness (QED) is 0.648. The highest BCUT2D eigenvalue weighted by atomic mass is 16.5. The lowest BCUT2D eigenvalue weighted by atomic mass is 9.92. The first-order valence-electron chi connectivity index (χ1n) is 4.58. The van der Waals surface area contributed by atoms with E-state index in [9.17, 15) is 0 Å². The van der Waals surface area contributed by atoms with E-state index in [1.54, 1.807) is 0 Å². The van der Waals surface area contributed by atoms with Crippen LogP contribution in [0.5, 0.6) is 0 Å². The average molecular weight is 177 g/mol. The lowest BCUT2D eigenvalue weighted by Gasteiger charge is -2.30. The molecule has 0 amide bonds. The molecule has 0 spiro atoms. The Bertz CT molecular complexity index is 285. The third kappa shape index (κ3) is 1.36. The minimum Gasteiger partial charge on any atom is -0.364 e. The van der Waals surface area contributed by atoms with Crippen molar-refractivity contribution in [3.63, 3.8) is 0 Å². The molecule has 1 aromatic rings. The number of rotatable bonds is 1. The van der Waals surface area contributed by atoms with E-state index >= 15 is 0 Å². The predicted molar refractivity (Wildman–Crippen MR) is 52.4 cm³/mol. The Hall–Kier alpha value is -0.860. The molecule has 1 aromatic carbocycles. The summed E-state index contributed by atoms with van der Waals surface area (Å²) in [6, 6.07) is 10.5. The molecule has 1 fully saturated rings. The maximum absolute atomic E-state index is 5.45. The summed E-state index contributed by atoms with van der Waals surface area (Å²) in [5.74, 6) is 0. The summed E-state index contributed by atoms with van der Waals surface area (Å²) in [5.41, 5.74) is 1.39. The van der Waals surface area contributed by atoms with E-state index in [4.69, 9.17) is 4.74 Å². The molecule has 2 heteroatoms. The summed E-state index contributed by atoms with van der Waals surface area (Å²) in [5, 5.41) is 0. The molecule has 1 heterocycles. The highest BCUT2D eigenvalue weighted by Gasteiger charge is 2.36. The number of likely N-dealkylation sites (N-methyl/N-ethyl adjacent to an activating group) is 1. The van der Waals surface area contributed by atoms with E-state index in [0.717, 1.165) is 13.3 Å². The van der Waals surface area contributed by atoms with E-state index in [-0.39, 0.29) is 5.54 Å². The molecule has 70 valence electrons. The fourth-order valence-corrected chi connectivity index (χ4v) is 1.73. The molecule has 13 heavy (non-hydrogen) atoms. The van der Waals surface area contributed by atoms with Crippen molar-refractivity contribution in [3.8, 4) is 0 Å². The highest BCUT2D eigenvalue weighted by Crippen LogP contribution is 2.31. The molecule has 1 unspecified atom stereocenters. The van der Waals surface area contributed by atoms with Crippen molar-refractivity contribution in [3.05, 3.63) is 35.9 Å². The summed E-state index contributed by atoms with van der Waals surface area (Å²) < 4.78 is 5.45. The van der Waals surface area contributed by atoms with Crippen LogP contribution in [-0.2, 0) is 10.3 Å². The Morgan fingerprint density at radius 3 is 2.54 bits per heavy atom. The maximum atomic E-state index is 5.45. The second kappa shape index (κ2) is 3.13. The van der Waals surface area contributed by atoms with E-state index in [0.29, 0.717) is 0 Å². The Morgan fingerprint density at radius 1 is 1.31 bits per heavy atom. The zero-order valence-electron chi connectivity index (χ0n) is 8.16. The number of ether oxygens (including phenoxy) is 1. The fourth-order valence-electron chi connectivity index (χ4n) is 1.73. The largest absolute Gasteiger partial charge is 0.364 e. The molecular weight excluding hydrogens is 162 g/mol. The summed E-state index contributed by atoms with van der Waals surface area (Å²) >= 11 is 0. The van der Waals surface area contributed by atoms with Crippen LogP contribution in [0.25, 0.3) is 0 Å². The van der Waals surface area contributed by atoms with E-state index in [1.165, 1.54) is 5.56 Å². The first-order chi connectivity index (χ1) is 6.23. The van der Waals surface area contributed by atoms with Gasteiger partial charge in [-0.2, -0.15) is 0 Å². The molecule has 1 atom stereocenters. The maximum Gasteiger partial charge on any atom is 0.0996 e. The summed E-state index contributed by atoms with van der Waals surface area (Å²) in [7, 11) is 2.10. The Morgan fingerprint density at radius 2 is 2.00 bits per heavy atom. The first-order valence-corrected chi connectivity index (χ1v) is 4.58. The van der Waals surface area contributed by atoms with Gasteiger partial charge in [0, 0.05) is 0 Å². The summed E-state index contributed by atoms with van der Waals surface area (Å²) in [4.78, 5) is 2.24. The Balaban J connectivity index is 2.34. The summed E-state index contributed by atoms with van der Waals surface area (Å²) in [6.07, 6.45) is 0. The number of benzene rings is 1. The van der Waals surface area contributed by atoms with Crippen LogP contribution in [0.2, 0.25) is 0 Å². The molecular formula is C11H15NO. The normalized spacial score (nSPS) is 29.4. The van der Waals surface area contributed by atoms with Gasteiger partial charge in [-0.1, -0.05) is 30.3 Å². The first kappa shape index (κ1) is 8.73. The van der Waals surface area contributed by atoms with Crippen LogP contribution < -0.4 is 0 Å². The van der Waals surface area contributed by atoms with Crippen LogP contribution in [0.4, 0.5) is 0 Å². The van der Waals surface area contributed by atoms with Crippen LogP contribution in [0.3, 0.4) is 0 Å². The topological polar surface area (TPSA) is 12.5 Å². The minimum atomic E-state index is 0.0568. The molecule has 0 aromatic heterocycles. The molecule has 2 nitrogen and oxygen atoms in total. The van der Waals surface area contributed by atoms with Crippen molar-refractivity contribution in [1.82, 2.24) is 4.90 Å². The molecule has 0 bridgehead atoms. The molecule has 0 saturated carbocycles. The van der Waals surface area contributed by atoms with Gasteiger partial charge in [0.2, 0.25) is 0 Å². The third-order valence-corrected chi connectivity index (χ3v) is 2.91. The van der Waals surface area contributed by atoms with Crippen LogP contribution in [-0.4, -0.2) is 25.3 Å². The zero-order valence-corrected chi connectivity index (χ0v) is 8.16. The Labute approximate surface area is 79.1 Å². The van der Waals surface area contributed by atoms with Crippen molar-refractivity contribution < 1.29 is 4.74 Å². The molecule has 0 N–H and O–H groups in total. The van der Waals surface area contributed by atoms with Gasteiger partial charge in [-0.05, 0) is 19.5 Å². The molecule has 1 saturated heterocycles. The van der Waals surface area contributed by atoms with Crippen LogP contribution in [0, 0.1) is 0 Å². The van der Waals surface area contributed by atoms with Gasteiger partial charge < -0.3 is 4.74 Å². The van der Waals surface area contributed by atoms with Gasteiger partial charge in [0.1, 0.15) is 0 Å². The lowest BCUT2D eigenvalue weighted by molar-refractivity contribution is 0.151. The van der Waals surface area contributed by atoms with E-state index < -0.39 is 0 Å². The third-order valence-electron chi connectivity index (χ3n) is 2.91. The number of hydrogen-bond acceptors (Lipinski definition) is 2. The smallest absolute Gasteiger partial charge is 0.0996 e. The van der Waals surface area contributed by atoms with Crippen molar-refractivity contribution >= 4 is 0 Å². The zero-order chi connectivity index (χ0) is 9.31. The van der Waals surface area contributed by atoms with Crippen molar-refractivity contribution in [2.45, 2.75) is 12.5 Å². The van der Waals surface area contributed by atoms with Crippen molar-refractivity contribution in [2.24, 2.45) is 0 Å². The summed E-state index contributed by atoms with van der Waals surface area (Å²) in [6.45, 7) is 3.73.